The summed E-state index contributed by atoms with van der Waals surface area (Å²) in [4.78, 5) is 15.3. The molecular weight excluding hydrogens is 486 g/mol. The van der Waals surface area contributed by atoms with E-state index in [1.165, 1.54) is 0 Å². The van der Waals surface area contributed by atoms with Crippen LogP contribution >= 0.6 is 31.9 Å². The molecule has 1 N–H and O–H groups in total. The van der Waals surface area contributed by atoms with Gasteiger partial charge in [-0.05, 0) is 59.7 Å². The van der Waals surface area contributed by atoms with Crippen molar-refractivity contribution in [3.05, 3.63) is 97.9 Å². The number of ether oxygens (including phenoxy) is 1. The standard InChI is InChI=1S/C22H17Br2NO3/c23-19-8-7-18(21(24)11-19)14-28-20-9-3-16(4-10-20)13-25-12-15-1-5-17(6-2-15)22(26)27/h1-11,13H,12,14H2,(H,26,27). The van der Waals surface area contributed by atoms with Crippen molar-refractivity contribution in [1.29, 1.82) is 0 Å². The highest BCUT2D eigenvalue weighted by molar-refractivity contribution is 9.11. The van der Waals surface area contributed by atoms with Gasteiger partial charge in [0, 0.05) is 20.7 Å². The Morgan fingerprint density at radius 3 is 2.36 bits per heavy atom. The predicted octanol–water partition coefficient (Wildman–Crippen LogP) is 6.11. The SMILES string of the molecule is O=C(O)c1ccc(CN=Cc2ccc(OCc3ccc(Br)cc3Br)cc2)cc1. The molecule has 0 aliphatic rings. The first-order valence-corrected chi connectivity index (χ1v) is 10.1. The van der Waals surface area contributed by atoms with E-state index >= 15 is 0 Å². The van der Waals surface area contributed by atoms with Crippen LogP contribution < -0.4 is 4.74 Å². The molecule has 0 atom stereocenters. The molecule has 3 rings (SSSR count). The van der Waals surface area contributed by atoms with Crippen LogP contribution in [0.1, 0.15) is 27.0 Å². The van der Waals surface area contributed by atoms with Crippen LogP contribution in [0.3, 0.4) is 0 Å². The molecule has 0 saturated carbocycles. The van der Waals surface area contributed by atoms with Gasteiger partial charge in [0.1, 0.15) is 12.4 Å². The van der Waals surface area contributed by atoms with Crippen molar-refractivity contribution in [2.24, 2.45) is 4.99 Å². The number of hydrogen-bond donors (Lipinski definition) is 1. The molecule has 0 aromatic heterocycles. The van der Waals surface area contributed by atoms with Gasteiger partial charge in [-0.1, -0.05) is 50.1 Å². The molecule has 4 nitrogen and oxygen atoms in total. The summed E-state index contributed by atoms with van der Waals surface area (Å²) in [6.07, 6.45) is 1.79. The molecule has 0 bridgehead atoms. The second kappa shape index (κ2) is 9.66. The monoisotopic (exact) mass is 501 g/mol. The normalized spacial score (nSPS) is 10.9. The van der Waals surface area contributed by atoms with Gasteiger partial charge in [-0.2, -0.15) is 0 Å². The van der Waals surface area contributed by atoms with Crippen LogP contribution in [-0.2, 0) is 13.2 Å². The maximum Gasteiger partial charge on any atom is 0.335 e. The summed E-state index contributed by atoms with van der Waals surface area (Å²) in [5, 5.41) is 8.91. The van der Waals surface area contributed by atoms with Gasteiger partial charge in [-0.3, -0.25) is 4.99 Å². The Bertz CT molecular complexity index is 984. The molecular formula is C22H17Br2NO3. The molecule has 0 amide bonds. The molecule has 0 radical (unpaired) electrons. The smallest absolute Gasteiger partial charge is 0.335 e. The summed E-state index contributed by atoms with van der Waals surface area (Å²) in [6.45, 7) is 0.976. The molecule has 0 aliphatic heterocycles. The van der Waals surface area contributed by atoms with E-state index in [4.69, 9.17) is 9.84 Å². The minimum atomic E-state index is -0.926. The van der Waals surface area contributed by atoms with Crippen molar-refractivity contribution in [3.8, 4) is 5.75 Å². The first kappa shape index (κ1) is 20.3. The van der Waals surface area contributed by atoms with Gasteiger partial charge in [0.25, 0.3) is 0 Å². The summed E-state index contributed by atoms with van der Waals surface area (Å²) >= 11 is 6.97. The zero-order chi connectivity index (χ0) is 19.9. The van der Waals surface area contributed by atoms with Gasteiger partial charge in [0.05, 0.1) is 12.1 Å². The van der Waals surface area contributed by atoms with Gasteiger partial charge in [-0.25, -0.2) is 4.79 Å². The second-order valence-electron chi connectivity index (χ2n) is 6.07. The largest absolute Gasteiger partial charge is 0.489 e. The Labute approximate surface area is 180 Å². The fourth-order valence-corrected chi connectivity index (χ4v) is 3.62. The summed E-state index contributed by atoms with van der Waals surface area (Å²) in [5.41, 5.74) is 3.28. The first-order valence-electron chi connectivity index (χ1n) is 8.50. The molecule has 0 aliphatic carbocycles. The van der Waals surface area contributed by atoms with Gasteiger partial charge in [-0.15, -0.1) is 0 Å². The van der Waals surface area contributed by atoms with Crippen molar-refractivity contribution in [2.75, 3.05) is 0 Å². The van der Waals surface area contributed by atoms with Crippen LogP contribution in [0.25, 0.3) is 0 Å². The lowest BCUT2D eigenvalue weighted by Gasteiger charge is -2.08. The third-order valence-electron chi connectivity index (χ3n) is 4.00. The van der Waals surface area contributed by atoms with E-state index in [-0.39, 0.29) is 5.56 Å². The van der Waals surface area contributed by atoms with E-state index in [0.29, 0.717) is 13.2 Å². The van der Waals surface area contributed by atoms with Gasteiger partial charge < -0.3 is 9.84 Å². The number of carboxylic acid groups (broad SMARTS) is 1. The Hall–Kier alpha value is -2.44. The zero-order valence-electron chi connectivity index (χ0n) is 14.8. The topological polar surface area (TPSA) is 58.9 Å². The molecule has 6 heteroatoms. The maximum atomic E-state index is 10.9. The van der Waals surface area contributed by atoms with Crippen LogP contribution in [0.5, 0.6) is 5.75 Å². The molecule has 0 heterocycles. The van der Waals surface area contributed by atoms with Crippen LogP contribution in [-0.4, -0.2) is 17.3 Å². The van der Waals surface area contributed by atoms with E-state index in [1.807, 2.05) is 42.5 Å². The number of halogens is 2. The predicted molar refractivity (Wildman–Crippen MR) is 117 cm³/mol. The minimum absolute atomic E-state index is 0.276. The quantitative estimate of drug-likeness (QED) is 0.396. The van der Waals surface area contributed by atoms with Gasteiger partial charge in [0.2, 0.25) is 0 Å². The van der Waals surface area contributed by atoms with Crippen molar-refractivity contribution in [1.82, 2.24) is 0 Å². The number of rotatable bonds is 7. The van der Waals surface area contributed by atoms with Gasteiger partial charge in [0.15, 0.2) is 0 Å². The van der Waals surface area contributed by atoms with Crippen molar-refractivity contribution in [3.63, 3.8) is 0 Å². The molecule has 0 saturated heterocycles. The van der Waals surface area contributed by atoms with Crippen molar-refractivity contribution < 1.29 is 14.6 Å². The van der Waals surface area contributed by atoms with E-state index in [2.05, 4.69) is 36.9 Å². The highest BCUT2D eigenvalue weighted by Gasteiger charge is 2.03. The summed E-state index contributed by atoms with van der Waals surface area (Å²) in [7, 11) is 0. The second-order valence-corrected chi connectivity index (χ2v) is 7.84. The van der Waals surface area contributed by atoms with E-state index in [9.17, 15) is 4.79 Å². The van der Waals surface area contributed by atoms with Crippen LogP contribution in [0.15, 0.2) is 80.7 Å². The molecule has 3 aromatic rings. The number of benzene rings is 3. The third-order valence-corrected chi connectivity index (χ3v) is 5.24. The molecule has 3 aromatic carbocycles. The summed E-state index contributed by atoms with van der Waals surface area (Å²) in [6, 6.07) is 20.4. The fraction of sp³-hybridized carbons (Fsp3) is 0.0909. The first-order chi connectivity index (χ1) is 13.5. The minimum Gasteiger partial charge on any atom is -0.489 e. The lowest BCUT2D eigenvalue weighted by atomic mass is 10.1. The molecule has 0 unspecified atom stereocenters. The van der Waals surface area contributed by atoms with Crippen LogP contribution in [0, 0.1) is 0 Å². The number of nitrogens with zero attached hydrogens (tertiary/aromatic N) is 1. The number of aliphatic imine (C=N–C) groups is 1. The van der Waals surface area contributed by atoms with Crippen LogP contribution in [0.4, 0.5) is 0 Å². The lowest BCUT2D eigenvalue weighted by molar-refractivity contribution is 0.0697. The van der Waals surface area contributed by atoms with Crippen molar-refractivity contribution >= 4 is 44.0 Å². The number of aromatic carboxylic acids is 1. The highest BCUT2D eigenvalue weighted by Crippen LogP contribution is 2.23. The zero-order valence-corrected chi connectivity index (χ0v) is 18.0. The number of hydrogen-bond acceptors (Lipinski definition) is 3. The number of carbonyl (C=O) groups is 1. The summed E-state index contributed by atoms with van der Waals surface area (Å²) < 4.78 is 7.85. The molecule has 28 heavy (non-hydrogen) atoms. The van der Waals surface area contributed by atoms with Crippen molar-refractivity contribution in [2.45, 2.75) is 13.2 Å². The molecule has 142 valence electrons. The Morgan fingerprint density at radius 1 is 1.00 bits per heavy atom. The van der Waals surface area contributed by atoms with E-state index in [1.54, 1.807) is 30.5 Å². The third kappa shape index (κ3) is 5.78. The maximum absolute atomic E-state index is 10.9. The molecule has 0 spiro atoms. The average molecular weight is 503 g/mol. The van der Waals surface area contributed by atoms with Crippen LogP contribution in [0.2, 0.25) is 0 Å². The Kier molecular flexibility index (Phi) is 7.01. The Morgan fingerprint density at radius 2 is 1.71 bits per heavy atom. The summed E-state index contributed by atoms with van der Waals surface area (Å²) in [5.74, 6) is -0.138. The van der Waals surface area contributed by atoms with Gasteiger partial charge >= 0.3 is 5.97 Å². The highest BCUT2D eigenvalue weighted by atomic mass is 79.9. The van der Waals surface area contributed by atoms with E-state index in [0.717, 1.165) is 31.4 Å². The van der Waals surface area contributed by atoms with E-state index < -0.39 is 5.97 Å². The lowest BCUT2D eigenvalue weighted by Crippen LogP contribution is -1.96. The fourth-order valence-electron chi connectivity index (χ4n) is 2.46. The number of carboxylic acids is 1. The average Bonchev–Trinajstić information content (AvgIpc) is 2.69. The molecule has 0 fully saturated rings. The Balaban J connectivity index is 1.53.